The number of carbonyl (C=O) groups excluding carboxylic acids is 1. The van der Waals surface area contributed by atoms with Crippen molar-refractivity contribution in [1.29, 1.82) is 0 Å². The number of carbonyl (C=O) groups is 1. The van der Waals surface area contributed by atoms with Crippen molar-refractivity contribution in [3.63, 3.8) is 0 Å². The number of anilines is 1. The quantitative estimate of drug-likeness (QED) is 0.485. The second-order valence-electron chi connectivity index (χ2n) is 6.82. The van der Waals surface area contributed by atoms with Crippen LogP contribution in [0.2, 0.25) is 0 Å². The Balaban J connectivity index is 1.76. The highest BCUT2D eigenvalue weighted by molar-refractivity contribution is 14.1. The number of hydrogen-bond acceptors (Lipinski definition) is 8. The molecule has 0 aromatic carbocycles. The molecule has 0 unspecified atom stereocenters. The number of nitrogens with one attached hydrogen (secondary N) is 2. The minimum Gasteiger partial charge on any atom is -0.371 e. The molecule has 2 aromatic rings. The van der Waals surface area contributed by atoms with Gasteiger partial charge in [-0.2, -0.15) is 0 Å². The van der Waals surface area contributed by atoms with Crippen molar-refractivity contribution in [2.45, 2.75) is 51.1 Å². The molecule has 146 valence electrons. The molecule has 2 saturated heterocycles. The van der Waals surface area contributed by atoms with Gasteiger partial charge in [0, 0.05) is 36.2 Å². The molecule has 0 radical (unpaired) electrons. The zero-order chi connectivity index (χ0) is 19.3. The van der Waals surface area contributed by atoms with E-state index in [0.717, 1.165) is 0 Å². The van der Waals surface area contributed by atoms with Crippen LogP contribution >= 0.6 is 22.6 Å². The zero-order valence-corrected chi connectivity index (χ0v) is 17.6. The third kappa shape index (κ3) is 3.15. The third-order valence-corrected chi connectivity index (χ3v) is 5.03. The molecule has 27 heavy (non-hydrogen) atoms. The molecule has 0 aliphatic carbocycles. The van der Waals surface area contributed by atoms with Gasteiger partial charge >= 0.3 is 0 Å². The van der Waals surface area contributed by atoms with Gasteiger partial charge in [0.2, 0.25) is 0 Å². The monoisotopic (exact) mass is 488 g/mol. The summed E-state index contributed by atoms with van der Waals surface area (Å²) in [4.78, 5) is 25.8. The van der Waals surface area contributed by atoms with Crippen LogP contribution in [0.25, 0.3) is 11.2 Å². The molecular formula is C16H21IN6O4. The van der Waals surface area contributed by atoms with Gasteiger partial charge in [-0.15, -0.1) is 0 Å². The van der Waals surface area contributed by atoms with Gasteiger partial charge in [-0.05, 0) is 20.8 Å². The molecule has 1 amide bonds. The number of imidazole rings is 1. The number of fused-ring (bicyclic) bond motifs is 2. The third-order valence-electron chi connectivity index (χ3n) is 4.54. The van der Waals surface area contributed by atoms with Gasteiger partial charge in [0.25, 0.3) is 5.91 Å². The maximum atomic E-state index is 12.5. The van der Waals surface area contributed by atoms with Crippen molar-refractivity contribution in [1.82, 2.24) is 24.8 Å². The summed E-state index contributed by atoms with van der Waals surface area (Å²) in [6.45, 7) is 6.02. The average Bonchev–Trinajstić information content (AvgIpc) is 3.24. The van der Waals surface area contributed by atoms with Gasteiger partial charge in [-0.25, -0.2) is 15.0 Å². The summed E-state index contributed by atoms with van der Waals surface area (Å²) in [5, 5.41) is 5.82. The molecule has 2 fully saturated rings. The van der Waals surface area contributed by atoms with Crippen LogP contribution in [0.3, 0.4) is 0 Å². The van der Waals surface area contributed by atoms with E-state index in [1.807, 2.05) is 20.8 Å². The molecule has 0 spiro atoms. The molecule has 2 N–H and O–H groups in total. The lowest BCUT2D eigenvalue weighted by Crippen LogP contribution is -2.42. The highest BCUT2D eigenvalue weighted by Crippen LogP contribution is 2.44. The summed E-state index contributed by atoms with van der Waals surface area (Å²) in [7, 11) is 1.78. The van der Waals surface area contributed by atoms with Crippen LogP contribution < -0.4 is 10.6 Å². The van der Waals surface area contributed by atoms with E-state index in [9.17, 15) is 4.79 Å². The Labute approximate surface area is 169 Å². The molecule has 10 nitrogen and oxygen atoms in total. The Morgan fingerprint density at radius 3 is 2.78 bits per heavy atom. The second kappa shape index (κ2) is 6.79. The fourth-order valence-electron chi connectivity index (χ4n) is 3.54. The standard InChI is InChI=1S/C16H21IN6O4/c1-5-19-13(24)9-8-10(27-16(2,3)26-8)14(25-9)23-6-20-7-11(18-4)21-15(17)22-12(7)23/h6,8-10,14H,5H2,1-4H3,(H,19,24)(H,18,21,22)/t8-,9+,10-,14-/m1/s1. The lowest BCUT2D eigenvalue weighted by molar-refractivity contribution is -0.197. The van der Waals surface area contributed by atoms with Gasteiger partial charge in [0.1, 0.15) is 12.2 Å². The van der Waals surface area contributed by atoms with Crippen LogP contribution in [0.5, 0.6) is 0 Å². The van der Waals surface area contributed by atoms with Gasteiger partial charge in [0.15, 0.2) is 38.9 Å². The molecule has 4 rings (SSSR count). The number of hydrogen-bond donors (Lipinski definition) is 2. The van der Waals surface area contributed by atoms with Crippen LogP contribution in [-0.4, -0.2) is 63.1 Å². The number of ether oxygens (including phenoxy) is 3. The molecule has 4 atom stereocenters. The zero-order valence-electron chi connectivity index (χ0n) is 15.4. The molecule has 4 heterocycles. The molecule has 2 aromatic heterocycles. The highest BCUT2D eigenvalue weighted by atomic mass is 127. The topological polar surface area (TPSA) is 112 Å². The number of rotatable bonds is 4. The van der Waals surface area contributed by atoms with Gasteiger partial charge < -0.3 is 24.8 Å². The lowest BCUT2D eigenvalue weighted by atomic mass is 10.1. The predicted molar refractivity (Wildman–Crippen MR) is 104 cm³/mol. The predicted octanol–water partition coefficient (Wildman–Crippen LogP) is 1.03. The molecule has 2 aliphatic rings. The molecule has 2 aliphatic heterocycles. The van der Waals surface area contributed by atoms with Crippen LogP contribution in [0.15, 0.2) is 6.33 Å². The van der Waals surface area contributed by atoms with E-state index in [0.29, 0.717) is 27.4 Å². The van der Waals surface area contributed by atoms with Crippen molar-refractivity contribution in [2.75, 3.05) is 18.9 Å². The van der Waals surface area contributed by atoms with Crippen LogP contribution in [-0.2, 0) is 19.0 Å². The summed E-state index contributed by atoms with van der Waals surface area (Å²) in [5.41, 5.74) is 1.23. The summed E-state index contributed by atoms with van der Waals surface area (Å²) in [6, 6.07) is 0. The van der Waals surface area contributed by atoms with Crippen molar-refractivity contribution < 1.29 is 19.0 Å². The molecule has 0 saturated carbocycles. The van der Waals surface area contributed by atoms with E-state index in [4.69, 9.17) is 14.2 Å². The van der Waals surface area contributed by atoms with Crippen molar-refractivity contribution in [3.8, 4) is 0 Å². The Kier molecular flexibility index (Phi) is 4.72. The van der Waals surface area contributed by atoms with E-state index in [1.165, 1.54) is 0 Å². The van der Waals surface area contributed by atoms with Crippen molar-refractivity contribution >= 4 is 45.5 Å². The normalized spacial score (nSPS) is 29.1. The first-order valence-corrected chi connectivity index (χ1v) is 9.79. The SMILES string of the molecule is CCNC(=O)[C@H]1O[C@@H](n2cnc3c(NC)nc(I)nc32)[C@@H]2OC(C)(C)O[C@@H]21. The van der Waals surface area contributed by atoms with Crippen molar-refractivity contribution in [3.05, 3.63) is 10.2 Å². The minimum absolute atomic E-state index is 0.221. The van der Waals surface area contributed by atoms with E-state index in [1.54, 1.807) is 17.9 Å². The maximum Gasteiger partial charge on any atom is 0.252 e. The largest absolute Gasteiger partial charge is 0.371 e. The fourth-order valence-corrected chi connectivity index (χ4v) is 4.01. The first-order chi connectivity index (χ1) is 12.8. The first kappa shape index (κ1) is 18.8. The lowest BCUT2D eigenvalue weighted by Gasteiger charge is -2.24. The number of amides is 1. The maximum absolute atomic E-state index is 12.5. The Morgan fingerprint density at radius 1 is 1.33 bits per heavy atom. The Morgan fingerprint density at radius 2 is 2.07 bits per heavy atom. The highest BCUT2D eigenvalue weighted by Gasteiger charge is 2.58. The van der Waals surface area contributed by atoms with E-state index in [2.05, 4.69) is 48.2 Å². The fraction of sp³-hybridized carbons (Fsp3) is 0.625. The van der Waals surface area contributed by atoms with E-state index >= 15 is 0 Å². The molecular weight excluding hydrogens is 467 g/mol. The summed E-state index contributed by atoms with van der Waals surface area (Å²) in [5.74, 6) is -0.402. The number of aromatic nitrogens is 4. The first-order valence-electron chi connectivity index (χ1n) is 8.71. The number of likely N-dealkylation sites (N-methyl/N-ethyl adjacent to an activating group) is 1. The van der Waals surface area contributed by atoms with Gasteiger partial charge in [0.05, 0.1) is 6.33 Å². The summed E-state index contributed by atoms with van der Waals surface area (Å²) >= 11 is 2.05. The second-order valence-corrected chi connectivity index (χ2v) is 7.79. The van der Waals surface area contributed by atoms with Gasteiger partial charge in [-0.3, -0.25) is 9.36 Å². The van der Waals surface area contributed by atoms with Crippen LogP contribution in [0.1, 0.15) is 27.0 Å². The van der Waals surface area contributed by atoms with Gasteiger partial charge in [-0.1, -0.05) is 0 Å². The van der Waals surface area contributed by atoms with Crippen molar-refractivity contribution in [2.24, 2.45) is 0 Å². The van der Waals surface area contributed by atoms with Crippen LogP contribution in [0, 0.1) is 3.83 Å². The Hall–Kier alpha value is -1.57. The van der Waals surface area contributed by atoms with E-state index < -0.39 is 30.3 Å². The molecule has 11 heteroatoms. The van der Waals surface area contributed by atoms with E-state index in [-0.39, 0.29) is 5.91 Å². The molecule has 0 bridgehead atoms. The summed E-state index contributed by atoms with van der Waals surface area (Å²) in [6.07, 6.45) is -0.713. The Bertz CT molecular complexity index is 887. The number of nitrogens with zero attached hydrogens (tertiary/aromatic N) is 4. The minimum atomic E-state index is -0.808. The number of halogens is 1. The summed E-state index contributed by atoms with van der Waals surface area (Å²) < 4.78 is 20.5. The smallest absolute Gasteiger partial charge is 0.252 e. The van der Waals surface area contributed by atoms with Crippen LogP contribution in [0.4, 0.5) is 5.82 Å². The average molecular weight is 488 g/mol.